The molecule has 1 fully saturated rings. The number of hydrogen-bond acceptors (Lipinski definition) is 6. The number of nitrogens with zero attached hydrogens (tertiary/aromatic N) is 2. The van der Waals surface area contributed by atoms with E-state index in [1.54, 1.807) is 54.6 Å². The van der Waals surface area contributed by atoms with Crippen molar-refractivity contribution in [3.63, 3.8) is 0 Å². The lowest BCUT2D eigenvalue weighted by atomic mass is 10.0. The number of amides is 3. The Labute approximate surface area is 186 Å². The van der Waals surface area contributed by atoms with Gasteiger partial charge in [0.05, 0.1) is 7.11 Å². The molecule has 8 nitrogen and oxygen atoms in total. The molecule has 2 aromatic rings. The minimum Gasteiger partial charge on any atom is -0.467 e. The van der Waals surface area contributed by atoms with E-state index in [0.717, 1.165) is 4.90 Å². The lowest BCUT2D eigenvalue weighted by Crippen LogP contribution is -2.56. The van der Waals surface area contributed by atoms with Gasteiger partial charge in [0.1, 0.15) is 12.1 Å². The van der Waals surface area contributed by atoms with Gasteiger partial charge in [-0.3, -0.25) is 19.3 Å². The number of nitrogen functional groups attached to an aromatic ring is 1. The van der Waals surface area contributed by atoms with Crippen molar-refractivity contribution in [2.24, 2.45) is 0 Å². The fourth-order valence-electron chi connectivity index (χ4n) is 3.97. The summed E-state index contributed by atoms with van der Waals surface area (Å²) in [6.07, 6.45) is 1.13. The molecule has 1 heterocycles. The molecule has 2 aromatic carbocycles. The van der Waals surface area contributed by atoms with Gasteiger partial charge in [-0.15, -0.1) is 0 Å². The first-order chi connectivity index (χ1) is 15.3. The van der Waals surface area contributed by atoms with E-state index >= 15 is 0 Å². The zero-order valence-corrected chi connectivity index (χ0v) is 18.2. The van der Waals surface area contributed by atoms with Crippen LogP contribution in [0.4, 0.5) is 5.69 Å². The molecule has 0 aromatic heterocycles. The number of carbonyl (C=O) groups excluding carboxylic acids is 4. The Morgan fingerprint density at radius 1 is 1.09 bits per heavy atom. The van der Waals surface area contributed by atoms with Crippen LogP contribution in [0.3, 0.4) is 0 Å². The van der Waals surface area contributed by atoms with Crippen LogP contribution in [-0.2, 0) is 25.5 Å². The second-order valence-electron chi connectivity index (χ2n) is 7.73. The van der Waals surface area contributed by atoms with E-state index in [4.69, 9.17) is 10.5 Å². The van der Waals surface area contributed by atoms with E-state index in [0.29, 0.717) is 30.6 Å². The Kier molecular flexibility index (Phi) is 7.25. The largest absolute Gasteiger partial charge is 0.467 e. The number of methoxy groups -OCH3 is 1. The number of benzene rings is 2. The van der Waals surface area contributed by atoms with Gasteiger partial charge in [0.25, 0.3) is 11.8 Å². The highest BCUT2D eigenvalue weighted by molar-refractivity contribution is 6.09. The maximum absolute atomic E-state index is 13.7. The Hall–Kier alpha value is -3.68. The lowest BCUT2D eigenvalue weighted by molar-refractivity contribution is -0.153. The van der Waals surface area contributed by atoms with Crippen LogP contribution < -0.4 is 5.73 Å². The predicted octanol–water partition coefficient (Wildman–Crippen LogP) is 2.03. The number of carbonyl (C=O) groups is 4. The number of anilines is 1. The molecule has 3 amide bonds. The number of likely N-dealkylation sites (tertiary alicyclic amines) is 1. The second kappa shape index (κ2) is 10.1. The molecule has 8 heteroatoms. The molecule has 0 bridgehead atoms. The maximum atomic E-state index is 13.7. The van der Waals surface area contributed by atoms with Crippen LogP contribution in [0.5, 0.6) is 0 Å². The summed E-state index contributed by atoms with van der Waals surface area (Å²) in [7, 11) is 1.21. The minimum absolute atomic E-state index is 0.0596. The van der Waals surface area contributed by atoms with Gasteiger partial charge < -0.3 is 15.4 Å². The number of esters is 1. The molecule has 0 unspecified atom stereocenters. The Morgan fingerprint density at radius 2 is 1.75 bits per heavy atom. The summed E-state index contributed by atoms with van der Waals surface area (Å²) >= 11 is 0. The monoisotopic (exact) mass is 437 g/mol. The third-order valence-electron chi connectivity index (χ3n) is 5.61. The molecule has 1 aliphatic heterocycles. The van der Waals surface area contributed by atoms with Crippen molar-refractivity contribution in [3.8, 4) is 0 Å². The average Bonchev–Trinajstić information content (AvgIpc) is 3.30. The molecule has 0 radical (unpaired) electrons. The second-order valence-corrected chi connectivity index (χ2v) is 7.73. The quantitative estimate of drug-likeness (QED) is 0.421. The summed E-state index contributed by atoms with van der Waals surface area (Å²) in [6.45, 7) is 1.82. The van der Waals surface area contributed by atoms with Crippen LogP contribution in [0.1, 0.15) is 35.7 Å². The molecular formula is C24H27N3O5. The summed E-state index contributed by atoms with van der Waals surface area (Å²) in [5.74, 6) is -2.16. The van der Waals surface area contributed by atoms with Gasteiger partial charge in [0, 0.05) is 31.1 Å². The molecule has 0 saturated carbocycles. The first kappa shape index (κ1) is 23.0. The third kappa shape index (κ3) is 4.96. The molecule has 0 spiro atoms. The highest BCUT2D eigenvalue weighted by Crippen LogP contribution is 2.24. The van der Waals surface area contributed by atoms with Crippen molar-refractivity contribution < 1.29 is 23.9 Å². The van der Waals surface area contributed by atoms with Gasteiger partial charge >= 0.3 is 5.97 Å². The topological polar surface area (TPSA) is 110 Å². The van der Waals surface area contributed by atoms with Gasteiger partial charge in [-0.25, -0.2) is 4.79 Å². The van der Waals surface area contributed by atoms with Crippen molar-refractivity contribution in [2.45, 2.75) is 38.3 Å². The SMILES string of the molecule is COC(=O)[C@H](Cc1ccc(N)cc1)N(C(=O)c1ccccc1)C(=O)[C@@H]1CCCN1C(C)=O. The van der Waals surface area contributed by atoms with Crippen molar-refractivity contribution in [2.75, 3.05) is 19.4 Å². The van der Waals surface area contributed by atoms with E-state index in [2.05, 4.69) is 0 Å². The van der Waals surface area contributed by atoms with Gasteiger partial charge in [-0.1, -0.05) is 30.3 Å². The number of rotatable bonds is 6. The van der Waals surface area contributed by atoms with Gasteiger partial charge in [0.2, 0.25) is 5.91 Å². The summed E-state index contributed by atoms with van der Waals surface area (Å²) in [5, 5.41) is 0. The molecule has 1 aliphatic rings. The minimum atomic E-state index is -1.20. The van der Waals surface area contributed by atoms with Gasteiger partial charge in [-0.2, -0.15) is 0 Å². The number of imide groups is 1. The van der Waals surface area contributed by atoms with Gasteiger partial charge in [0.15, 0.2) is 0 Å². The standard InChI is InChI=1S/C24H27N3O5/c1-16(28)26-14-6-9-20(26)23(30)27(22(29)18-7-4-3-5-8-18)21(24(31)32-2)15-17-10-12-19(25)13-11-17/h3-5,7-8,10-13,20-21H,6,9,14-15,25H2,1-2H3/t20-,21-/m0/s1. The fraction of sp³-hybridized carbons (Fsp3) is 0.333. The number of hydrogen-bond donors (Lipinski definition) is 1. The highest BCUT2D eigenvalue weighted by Gasteiger charge is 2.43. The first-order valence-corrected chi connectivity index (χ1v) is 10.5. The Bertz CT molecular complexity index is 990. The molecule has 3 rings (SSSR count). The Morgan fingerprint density at radius 3 is 2.34 bits per heavy atom. The summed E-state index contributed by atoms with van der Waals surface area (Å²) in [5.41, 5.74) is 7.28. The number of nitrogens with two attached hydrogens (primary N) is 1. The fourth-order valence-corrected chi connectivity index (χ4v) is 3.97. The zero-order chi connectivity index (χ0) is 23.3. The smallest absolute Gasteiger partial charge is 0.329 e. The summed E-state index contributed by atoms with van der Waals surface area (Å²) < 4.78 is 4.97. The molecule has 0 aliphatic carbocycles. The van der Waals surface area contributed by atoms with Crippen molar-refractivity contribution in [1.29, 1.82) is 0 Å². The van der Waals surface area contributed by atoms with E-state index < -0.39 is 29.9 Å². The van der Waals surface area contributed by atoms with Crippen LogP contribution >= 0.6 is 0 Å². The normalized spacial score (nSPS) is 16.3. The van der Waals surface area contributed by atoms with Crippen LogP contribution in [0, 0.1) is 0 Å². The molecule has 2 atom stereocenters. The van der Waals surface area contributed by atoms with Crippen LogP contribution in [0.25, 0.3) is 0 Å². The van der Waals surface area contributed by atoms with Crippen molar-refractivity contribution in [1.82, 2.24) is 9.80 Å². The van der Waals surface area contributed by atoms with E-state index in [9.17, 15) is 19.2 Å². The first-order valence-electron chi connectivity index (χ1n) is 10.5. The van der Waals surface area contributed by atoms with E-state index in [-0.39, 0.29) is 17.9 Å². The van der Waals surface area contributed by atoms with Gasteiger partial charge in [-0.05, 0) is 42.7 Å². The third-order valence-corrected chi connectivity index (χ3v) is 5.61. The lowest BCUT2D eigenvalue weighted by Gasteiger charge is -2.33. The predicted molar refractivity (Wildman–Crippen MR) is 118 cm³/mol. The van der Waals surface area contributed by atoms with E-state index in [1.165, 1.54) is 18.9 Å². The maximum Gasteiger partial charge on any atom is 0.329 e. The Balaban J connectivity index is 2.04. The van der Waals surface area contributed by atoms with Crippen molar-refractivity contribution >= 4 is 29.4 Å². The number of ether oxygens (including phenoxy) is 1. The molecule has 2 N–H and O–H groups in total. The zero-order valence-electron chi connectivity index (χ0n) is 18.2. The summed E-state index contributed by atoms with van der Waals surface area (Å²) in [6, 6.07) is 13.1. The average molecular weight is 437 g/mol. The van der Waals surface area contributed by atoms with Crippen LogP contribution in [-0.4, -0.2) is 59.2 Å². The van der Waals surface area contributed by atoms with Crippen molar-refractivity contribution in [3.05, 3.63) is 65.7 Å². The molecule has 168 valence electrons. The van der Waals surface area contributed by atoms with E-state index in [1.807, 2.05) is 0 Å². The van der Waals surface area contributed by atoms with Crippen LogP contribution in [0.2, 0.25) is 0 Å². The summed E-state index contributed by atoms with van der Waals surface area (Å²) in [4.78, 5) is 54.5. The molecular weight excluding hydrogens is 410 g/mol. The highest BCUT2D eigenvalue weighted by atomic mass is 16.5. The molecule has 1 saturated heterocycles. The molecule has 32 heavy (non-hydrogen) atoms. The van der Waals surface area contributed by atoms with Crippen LogP contribution in [0.15, 0.2) is 54.6 Å².